The molecule has 0 saturated heterocycles. The highest BCUT2D eigenvalue weighted by Crippen LogP contribution is 2.48. The minimum absolute atomic E-state index is 0.0964. The first-order valence-electron chi connectivity index (χ1n) is 6.17. The van der Waals surface area contributed by atoms with Gasteiger partial charge < -0.3 is 5.32 Å². The van der Waals surface area contributed by atoms with E-state index in [0.29, 0.717) is 23.0 Å². The van der Waals surface area contributed by atoms with Crippen molar-refractivity contribution < 1.29 is 4.79 Å². The normalized spacial score (nSPS) is 16.4. The molecule has 0 heterocycles. The van der Waals surface area contributed by atoms with Gasteiger partial charge in [-0.15, -0.1) is 11.6 Å². The van der Waals surface area contributed by atoms with Gasteiger partial charge in [0, 0.05) is 12.4 Å². The molecule has 0 aromatic heterocycles. The Hall–Kier alpha value is -0.730. The number of halogens is 2. The van der Waals surface area contributed by atoms with Crippen LogP contribution in [-0.2, 0) is 0 Å². The molecule has 0 bridgehead atoms. The second-order valence-electron chi connectivity index (χ2n) is 5.10. The summed E-state index contributed by atoms with van der Waals surface area (Å²) in [7, 11) is 0. The number of amides is 1. The Bertz CT molecular complexity index is 455. The summed E-state index contributed by atoms with van der Waals surface area (Å²) >= 11 is 11.8. The lowest BCUT2D eigenvalue weighted by atomic mass is 10.0. The van der Waals surface area contributed by atoms with Crippen LogP contribution < -0.4 is 5.32 Å². The molecule has 1 N–H and O–H groups in total. The van der Waals surface area contributed by atoms with Crippen molar-refractivity contribution >= 4 is 29.1 Å². The SMILES string of the molecule is Cc1ccc(C(=O)NCC2(CCCl)CC2)c(Cl)c1. The molecule has 1 aromatic rings. The van der Waals surface area contributed by atoms with Crippen LogP contribution in [0, 0.1) is 12.3 Å². The molecule has 1 aliphatic carbocycles. The third-order valence-electron chi connectivity index (χ3n) is 3.58. The van der Waals surface area contributed by atoms with E-state index in [9.17, 15) is 4.79 Å². The number of alkyl halides is 1. The number of carbonyl (C=O) groups excluding carboxylic acids is 1. The van der Waals surface area contributed by atoms with Gasteiger partial charge in [-0.05, 0) is 49.3 Å². The predicted molar refractivity (Wildman–Crippen MR) is 75.5 cm³/mol. The van der Waals surface area contributed by atoms with E-state index in [2.05, 4.69) is 5.32 Å². The van der Waals surface area contributed by atoms with Crippen molar-refractivity contribution in [2.75, 3.05) is 12.4 Å². The standard InChI is InChI=1S/C14H17Cl2NO/c1-10-2-3-11(12(16)8-10)13(18)17-9-14(4-5-14)6-7-15/h2-3,8H,4-7,9H2,1H3,(H,17,18). The molecule has 4 heteroatoms. The zero-order valence-electron chi connectivity index (χ0n) is 10.4. The number of hydrogen-bond donors (Lipinski definition) is 1. The first-order chi connectivity index (χ1) is 8.56. The van der Waals surface area contributed by atoms with E-state index in [-0.39, 0.29) is 11.3 Å². The molecule has 98 valence electrons. The summed E-state index contributed by atoms with van der Waals surface area (Å²) in [4.78, 5) is 12.0. The summed E-state index contributed by atoms with van der Waals surface area (Å²) in [6.45, 7) is 2.65. The number of nitrogens with one attached hydrogen (secondary N) is 1. The molecule has 0 aliphatic heterocycles. The summed E-state index contributed by atoms with van der Waals surface area (Å²) in [5.41, 5.74) is 1.84. The molecule has 0 atom stereocenters. The van der Waals surface area contributed by atoms with Crippen molar-refractivity contribution in [2.45, 2.75) is 26.2 Å². The molecular formula is C14H17Cl2NO. The third-order valence-corrected chi connectivity index (χ3v) is 4.08. The molecule has 2 rings (SSSR count). The minimum atomic E-state index is -0.0964. The van der Waals surface area contributed by atoms with Gasteiger partial charge in [0.25, 0.3) is 5.91 Å². The molecule has 1 saturated carbocycles. The maximum Gasteiger partial charge on any atom is 0.252 e. The van der Waals surface area contributed by atoms with E-state index in [0.717, 1.165) is 24.8 Å². The van der Waals surface area contributed by atoms with Gasteiger partial charge >= 0.3 is 0 Å². The number of benzene rings is 1. The topological polar surface area (TPSA) is 29.1 Å². The fraction of sp³-hybridized carbons (Fsp3) is 0.500. The van der Waals surface area contributed by atoms with Gasteiger partial charge in [0.05, 0.1) is 10.6 Å². The van der Waals surface area contributed by atoms with Gasteiger partial charge in [0.15, 0.2) is 0 Å². The monoisotopic (exact) mass is 285 g/mol. The molecule has 0 spiro atoms. The fourth-order valence-electron chi connectivity index (χ4n) is 2.06. The first kappa shape index (κ1) is 13.7. The van der Waals surface area contributed by atoms with Gasteiger partial charge in [-0.1, -0.05) is 17.7 Å². The van der Waals surface area contributed by atoms with Crippen molar-refractivity contribution in [3.05, 3.63) is 34.3 Å². The van der Waals surface area contributed by atoms with Crippen molar-refractivity contribution in [3.63, 3.8) is 0 Å². The highest BCUT2D eigenvalue weighted by molar-refractivity contribution is 6.33. The first-order valence-corrected chi connectivity index (χ1v) is 7.08. The quantitative estimate of drug-likeness (QED) is 0.820. The van der Waals surface area contributed by atoms with Gasteiger partial charge in [-0.25, -0.2) is 0 Å². The maximum absolute atomic E-state index is 12.0. The Morgan fingerprint density at radius 2 is 2.17 bits per heavy atom. The zero-order chi connectivity index (χ0) is 13.2. The smallest absolute Gasteiger partial charge is 0.252 e. The van der Waals surface area contributed by atoms with E-state index >= 15 is 0 Å². The molecule has 1 fully saturated rings. The van der Waals surface area contributed by atoms with Crippen molar-refractivity contribution in [2.24, 2.45) is 5.41 Å². The molecule has 0 unspecified atom stereocenters. The van der Waals surface area contributed by atoms with E-state index in [4.69, 9.17) is 23.2 Å². The Balaban J connectivity index is 1.96. The van der Waals surface area contributed by atoms with Crippen LogP contribution in [-0.4, -0.2) is 18.3 Å². The Morgan fingerprint density at radius 1 is 1.44 bits per heavy atom. The lowest BCUT2D eigenvalue weighted by Gasteiger charge is -2.15. The molecule has 1 aliphatic rings. The second kappa shape index (κ2) is 5.50. The van der Waals surface area contributed by atoms with Crippen LogP contribution in [0.4, 0.5) is 0 Å². The maximum atomic E-state index is 12.0. The highest BCUT2D eigenvalue weighted by atomic mass is 35.5. The Kier molecular flexibility index (Phi) is 4.18. The number of aryl methyl sites for hydroxylation is 1. The lowest BCUT2D eigenvalue weighted by Crippen LogP contribution is -2.30. The van der Waals surface area contributed by atoms with Crippen LogP contribution in [0.2, 0.25) is 5.02 Å². The summed E-state index contributed by atoms with van der Waals surface area (Å²) < 4.78 is 0. The van der Waals surface area contributed by atoms with E-state index in [1.54, 1.807) is 6.07 Å². The van der Waals surface area contributed by atoms with Gasteiger partial charge in [-0.2, -0.15) is 0 Å². The molecule has 1 amide bonds. The van der Waals surface area contributed by atoms with Crippen LogP contribution >= 0.6 is 23.2 Å². The summed E-state index contributed by atoms with van der Waals surface area (Å²) in [6, 6.07) is 5.47. The highest BCUT2D eigenvalue weighted by Gasteiger charge is 2.41. The molecule has 0 radical (unpaired) electrons. The number of carbonyl (C=O) groups is 1. The van der Waals surface area contributed by atoms with Gasteiger partial charge in [0.2, 0.25) is 0 Å². The van der Waals surface area contributed by atoms with Gasteiger partial charge in [-0.3, -0.25) is 4.79 Å². The van der Waals surface area contributed by atoms with Crippen molar-refractivity contribution in [1.82, 2.24) is 5.32 Å². The van der Waals surface area contributed by atoms with Crippen LogP contribution in [0.3, 0.4) is 0 Å². The zero-order valence-corrected chi connectivity index (χ0v) is 11.9. The summed E-state index contributed by atoms with van der Waals surface area (Å²) in [5, 5.41) is 3.47. The average Bonchev–Trinajstić information content (AvgIpc) is 3.07. The molecule has 18 heavy (non-hydrogen) atoms. The van der Waals surface area contributed by atoms with Gasteiger partial charge in [0.1, 0.15) is 0 Å². The van der Waals surface area contributed by atoms with E-state index in [1.807, 2.05) is 19.1 Å². The lowest BCUT2D eigenvalue weighted by molar-refractivity contribution is 0.0944. The predicted octanol–water partition coefficient (Wildman–Crippen LogP) is 3.79. The van der Waals surface area contributed by atoms with E-state index in [1.165, 1.54) is 0 Å². The van der Waals surface area contributed by atoms with Crippen molar-refractivity contribution in [1.29, 1.82) is 0 Å². The Labute approximate surface area is 118 Å². The van der Waals surface area contributed by atoms with Crippen LogP contribution in [0.25, 0.3) is 0 Å². The largest absolute Gasteiger partial charge is 0.351 e. The molecular weight excluding hydrogens is 269 g/mol. The average molecular weight is 286 g/mol. The molecule has 2 nitrogen and oxygen atoms in total. The number of hydrogen-bond acceptors (Lipinski definition) is 1. The summed E-state index contributed by atoms with van der Waals surface area (Å²) in [6.07, 6.45) is 3.28. The van der Waals surface area contributed by atoms with Crippen molar-refractivity contribution in [3.8, 4) is 0 Å². The fourth-order valence-corrected chi connectivity index (χ4v) is 2.78. The van der Waals surface area contributed by atoms with E-state index < -0.39 is 0 Å². The number of rotatable bonds is 5. The van der Waals surface area contributed by atoms with Crippen LogP contribution in [0.1, 0.15) is 35.2 Å². The second-order valence-corrected chi connectivity index (χ2v) is 5.89. The van der Waals surface area contributed by atoms with Crippen LogP contribution in [0.5, 0.6) is 0 Å². The minimum Gasteiger partial charge on any atom is -0.351 e. The Morgan fingerprint density at radius 3 is 2.72 bits per heavy atom. The third kappa shape index (κ3) is 3.18. The summed E-state index contributed by atoms with van der Waals surface area (Å²) in [5.74, 6) is 0.557. The van der Waals surface area contributed by atoms with Crippen LogP contribution in [0.15, 0.2) is 18.2 Å². The molecule has 1 aromatic carbocycles.